The highest BCUT2D eigenvalue weighted by molar-refractivity contribution is 6.30. The first-order valence-corrected chi connectivity index (χ1v) is 23.5. The molecule has 1 spiro atoms. The average molecular weight is 908 g/mol. The van der Waals surface area contributed by atoms with Crippen LogP contribution in [0.2, 0.25) is 5.02 Å². The van der Waals surface area contributed by atoms with Gasteiger partial charge >= 0.3 is 6.09 Å². The van der Waals surface area contributed by atoms with Gasteiger partial charge in [-0.2, -0.15) is 0 Å². The number of halogens is 1. The van der Waals surface area contributed by atoms with Crippen molar-refractivity contribution in [2.75, 3.05) is 25.1 Å². The van der Waals surface area contributed by atoms with Gasteiger partial charge in [-0.15, -0.1) is 0 Å². The summed E-state index contributed by atoms with van der Waals surface area (Å²) in [7, 11) is 0. The van der Waals surface area contributed by atoms with Crippen LogP contribution in [-0.4, -0.2) is 142 Å². The number of aliphatic hydroxyl groups is 6. The number of hydrogen-bond donors (Lipinski definition) is 7. The molecule has 0 aromatic heterocycles. The minimum Gasteiger partial charge on any atom is -0.446 e. The summed E-state index contributed by atoms with van der Waals surface area (Å²) in [5, 5.41) is 68.2. The zero-order valence-corrected chi connectivity index (χ0v) is 37.3. The van der Waals surface area contributed by atoms with Gasteiger partial charge in [0.2, 0.25) is 0 Å². The number of rotatable bonds is 8. The Hall–Kier alpha value is -2.03. The number of hydrogen-bond acceptors (Lipinski definition) is 15. The number of ketones is 1. The molecule has 4 saturated carbocycles. The molecule has 17 heteroatoms. The van der Waals surface area contributed by atoms with Gasteiger partial charge in [-0.25, -0.2) is 4.79 Å². The molecule has 1 aromatic rings. The topological polar surface area (TPSA) is 232 Å². The van der Waals surface area contributed by atoms with Crippen LogP contribution < -0.4 is 5.32 Å². The van der Waals surface area contributed by atoms with Crippen LogP contribution in [0.1, 0.15) is 85.5 Å². The summed E-state index contributed by atoms with van der Waals surface area (Å²) in [6.07, 6.45) is -9.47. The van der Waals surface area contributed by atoms with Crippen molar-refractivity contribution in [3.05, 3.63) is 29.3 Å². The first kappa shape index (κ1) is 46.1. The summed E-state index contributed by atoms with van der Waals surface area (Å²) < 4.78 is 42.6. The Bertz CT molecular complexity index is 1820. The highest BCUT2D eigenvalue weighted by Crippen LogP contribution is 2.70. The lowest BCUT2D eigenvalue weighted by Crippen LogP contribution is -2.65. The predicted octanol–water partition coefficient (Wildman–Crippen LogP) is 3.53. The number of benzene rings is 1. The Labute approximate surface area is 373 Å². The summed E-state index contributed by atoms with van der Waals surface area (Å²) in [5.74, 6) is 1.73. The molecule has 7 N–H and O–H groups in total. The van der Waals surface area contributed by atoms with Gasteiger partial charge in [0, 0.05) is 35.4 Å². The number of Topliss-reactive ketones (excluding diaryl/α,β-unsaturated/α-hetero) is 1. The molecule has 5 unspecified atom stereocenters. The predicted molar refractivity (Wildman–Crippen MR) is 223 cm³/mol. The minimum atomic E-state index is -1.83. The van der Waals surface area contributed by atoms with Crippen LogP contribution in [0.4, 0.5) is 10.5 Å². The van der Waals surface area contributed by atoms with Gasteiger partial charge in [0.25, 0.3) is 0 Å². The van der Waals surface area contributed by atoms with E-state index in [0.29, 0.717) is 59.4 Å². The molecule has 1 aromatic carbocycles. The number of ether oxygens (including phenoxy) is 7. The van der Waals surface area contributed by atoms with Gasteiger partial charge in [0.05, 0.1) is 25.4 Å². The van der Waals surface area contributed by atoms with E-state index in [1.54, 1.807) is 24.3 Å². The summed E-state index contributed by atoms with van der Waals surface area (Å²) in [4.78, 5) is 27.0. The smallest absolute Gasteiger partial charge is 0.411 e. The van der Waals surface area contributed by atoms with E-state index < -0.39 is 86.5 Å². The number of anilines is 1. The lowest BCUT2D eigenvalue weighted by Gasteiger charge is -2.60. The molecule has 9 rings (SSSR count). The third-order valence-electron chi connectivity index (χ3n) is 17.1. The van der Waals surface area contributed by atoms with Gasteiger partial charge in [0.1, 0.15) is 61.2 Å². The van der Waals surface area contributed by atoms with Gasteiger partial charge < -0.3 is 63.8 Å². The van der Waals surface area contributed by atoms with Crippen LogP contribution in [0, 0.1) is 52.3 Å². The van der Waals surface area contributed by atoms with Gasteiger partial charge in [0.15, 0.2) is 18.4 Å². The highest BCUT2D eigenvalue weighted by Gasteiger charge is 2.71. The van der Waals surface area contributed by atoms with Crippen molar-refractivity contribution < 1.29 is 73.4 Å². The normalized spacial score (nSPS) is 50.6. The second-order valence-electron chi connectivity index (χ2n) is 20.7. The number of amides is 1. The van der Waals surface area contributed by atoms with Crippen molar-refractivity contribution in [3.63, 3.8) is 0 Å². The third-order valence-corrected chi connectivity index (χ3v) is 17.4. The molecule has 4 aliphatic heterocycles. The van der Waals surface area contributed by atoms with Gasteiger partial charge in [-0.1, -0.05) is 39.3 Å². The first-order chi connectivity index (χ1) is 30.0. The van der Waals surface area contributed by atoms with Crippen molar-refractivity contribution in [1.82, 2.24) is 0 Å². The molecule has 4 saturated heterocycles. The van der Waals surface area contributed by atoms with Crippen molar-refractivity contribution in [2.24, 2.45) is 52.3 Å². The summed E-state index contributed by atoms with van der Waals surface area (Å²) >= 11 is 5.89. The zero-order chi connectivity index (χ0) is 44.7. The van der Waals surface area contributed by atoms with Crippen LogP contribution in [0.5, 0.6) is 0 Å². The Kier molecular flexibility index (Phi) is 12.9. The average Bonchev–Trinajstić information content (AvgIpc) is 3.70. The fraction of sp³-hybridized carbons (Fsp3) is 0.826. The van der Waals surface area contributed by atoms with Crippen molar-refractivity contribution in [3.8, 4) is 0 Å². The Morgan fingerprint density at radius 3 is 2.29 bits per heavy atom. The maximum Gasteiger partial charge on any atom is 0.411 e. The summed E-state index contributed by atoms with van der Waals surface area (Å²) in [6, 6.07) is 6.25. The standard InChI is InChI=1S/C46H66ClNO15/c1-21-11-14-46(58-19-21)22(2)33-30(63-46)16-28-27-10-5-23-15-26(12-13-44(23,3)34(27)29(50)17-45(28,33)4)59-41-39(55)37(53)40(31(18-49)60-41)62-42-38(54)36(52)35(51)32(61-42)20-57-43(56)48-25-8-6-24(47)7-9-25/h6-9,21-23,26-28,30-42,49,51-55H,5,10-20H2,1-4H3,(H,48,56)/t21-,22+,23+,26+,27?,28?,30?,31+,32+,33?,34?,35-,36+,37-,38+,39+,40-,41-,42+,44+,45+,46-/m1/s1. The van der Waals surface area contributed by atoms with Crippen molar-refractivity contribution in [1.29, 1.82) is 0 Å². The van der Waals surface area contributed by atoms with E-state index in [4.69, 9.17) is 44.8 Å². The molecule has 8 aliphatic rings. The lowest BCUT2D eigenvalue weighted by atomic mass is 9.44. The Morgan fingerprint density at radius 1 is 0.857 bits per heavy atom. The Balaban J connectivity index is 0.804. The maximum absolute atomic E-state index is 14.6. The molecule has 16 nitrogen and oxygen atoms in total. The minimum absolute atomic E-state index is 0.0465. The SMILES string of the molecule is C[C@@H]1CC[C@@]2(OC1)OC1CC3C4CC[C@H]5C[C@@H](O[C@@H]6O[C@@H](CO)[C@@H](O[C@@H]7O[C@@H](COC(=O)Nc8ccc(Cl)cc8)[C@@H](O)[C@H](O)[C@@H]7O)[C@H](O)[C@@H]6O)CC[C@]5(C)C4C(=O)C[C@]3(C)C1[C@@H]2C. The second kappa shape index (κ2) is 17.6. The van der Waals surface area contributed by atoms with E-state index in [1.807, 2.05) is 0 Å². The fourth-order valence-corrected chi connectivity index (χ4v) is 14.0. The van der Waals surface area contributed by atoms with E-state index in [9.17, 15) is 40.2 Å². The summed E-state index contributed by atoms with van der Waals surface area (Å²) in [5.41, 5.74) is 0.0492. The zero-order valence-electron chi connectivity index (χ0n) is 36.5. The largest absolute Gasteiger partial charge is 0.446 e. The number of carbonyl (C=O) groups excluding carboxylic acids is 2. The van der Waals surface area contributed by atoms with E-state index >= 15 is 0 Å². The molecule has 0 bridgehead atoms. The molecule has 63 heavy (non-hydrogen) atoms. The van der Waals surface area contributed by atoms with Crippen molar-refractivity contribution >= 4 is 29.2 Å². The molecule has 352 valence electrons. The van der Waals surface area contributed by atoms with Crippen LogP contribution in [0.25, 0.3) is 0 Å². The molecule has 1 amide bonds. The second-order valence-corrected chi connectivity index (χ2v) is 21.2. The van der Waals surface area contributed by atoms with E-state index in [1.165, 1.54) is 0 Å². The fourth-order valence-electron chi connectivity index (χ4n) is 13.9. The van der Waals surface area contributed by atoms with Crippen LogP contribution >= 0.6 is 11.6 Å². The number of carbonyl (C=O) groups is 2. The molecule has 4 aliphatic carbocycles. The monoisotopic (exact) mass is 907 g/mol. The molecule has 0 radical (unpaired) electrons. The maximum atomic E-state index is 14.6. The number of nitrogens with one attached hydrogen (secondary N) is 1. The molecule has 4 heterocycles. The first-order valence-electron chi connectivity index (χ1n) is 23.1. The quantitative estimate of drug-likeness (QED) is 0.185. The Morgan fingerprint density at radius 2 is 1.57 bits per heavy atom. The third kappa shape index (κ3) is 8.08. The molecular formula is C46H66ClNO15. The molecule has 22 atom stereocenters. The van der Waals surface area contributed by atoms with Gasteiger partial charge in [-0.3, -0.25) is 10.1 Å². The van der Waals surface area contributed by atoms with E-state index in [2.05, 4.69) is 33.0 Å². The van der Waals surface area contributed by atoms with Crippen molar-refractivity contribution in [2.45, 2.75) is 165 Å². The summed E-state index contributed by atoms with van der Waals surface area (Å²) in [6.45, 7) is 8.65. The van der Waals surface area contributed by atoms with E-state index in [0.717, 1.165) is 45.1 Å². The van der Waals surface area contributed by atoms with E-state index in [-0.39, 0.29) is 40.8 Å². The number of aliphatic hydroxyl groups excluding tert-OH is 6. The van der Waals surface area contributed by atoms with Crippen LogP contribution in [-0.2, 0) is 38.0 Å². The lowest BCUT2D eigenvalue weighted by molar-refractivity contribution is -0.364. The molecular weight excluding hydrogens is 842 g/mol. The molecule has 8 fully saturated rings. The number of fused-ring (bicyclic) bond motifs is 7. The van der Waals surface area contributed by atoms with Crippen LogP contribution in [0.3, 0.4) is 0 Å². The van der Waals surface area contributed by atoms with Gasteiger partial charge in [-0.05, 0) is 110 Å². The highest BCUT2D eigenvalue weighted by atomic mass is 35.5. The van der Waals surface area contributed by atoms with Crippen LogP contribution in [0.15, 0.2) is 24.3 Å².